The molecule has 1 N–H and O–H groups in total. The number of ether oxygens (including phenoxy) is 1. The fourth-order valence-corrected chi connectivity index (χ4v) is 2.43. The smallest absolute Gasteiger partial charge is 0.414 e. The number of nitrogens with one attached hydrogen (secondary N) is 1. The number of cyclic esters (lactones) is 1. The topological polar surface area (TPSA) is 58.6 Å². The number of rotatable bonds is 8. The Hall–Kier alpha value is -1.95. The SMILES string of the molecule is C=CC/C=C/N1CC(CNC(=O)/C(=C/C)SC(=C)C)OC1=O. The predicted molar refractivity (Wildman–Crippen MR) is 90.1 cm³/mol. The van der Waals surface area contributed by atoms with Crippen LogP contribution in [-0.2, 0) is 9.53 Å². The number of nitrogens with zero attached hydrogens (tertiary/aromatic N) is 1. The molecule has 0 aliphatic carbocycles. The van der Waals surface area contributed by atoms with Crippen LogP contribution in [0.1, 0.15) is 20.3 Å². The number of amides is 2. The van der Waals surface area contributed by atoms with Crippen LogP contribution in [0.4, 0.5) is 4.79 Å². The summed E-state index contributed by atoms with van der Waals surface area (Å²) in [6.07, 6.45) is 6.93. The van der Waals surface area contributed by atoms with Gasteiger partial charge < -0.3 is 10.1 Å². The van der Waals surface area contributed by atoms with E-state index in [2.05, 4.69) is 18.5 Å². The largest absolute Gasteiger partial charge is 0.442 e. The first-order chi connectivity index (χ1) is 10.5. The molecular formula is C16H22N2O3S. The molecule has 1 saturated heterocycles. The van der Waals surface area contributed by atoms with E-state index in [9.17, 15) is 9.59 Å². The molecule has 1 fully saturated rings. The summed E-state index contributed by atoms with van der Waals surface area (Å²) < 4.78 is 5.20. The molecular weight excluding hydrogens is 300 g/mol. The molecule has 22 heavy (non-hydrogen) atoms. The van der Waals surface area contributed by atoms with Crippen molar-refractivity contribution < 1.29 is 14.3 Å². The van der Waals surface area contributed by atoms with Gasteiger partial charge in [0.2, 0.25) is 0 Å². The second-order valence-electron chi connectivity index (χ2n) is 4.73. The Morgan fingerprint density at radius 2 is 2.32 bits per heavy atom. The standard InChI is InChI=1S/C16H22N2O3S/c1-5-7-8-9-18-11-13(21-16(18)20)10-17-15(19)14(6-2)22-12(3)4/h5-6,8-9,13H,1,3,7,10-11H2,2,4H3,(H,17,19)/b9-8+,14-6-. The molecule has 1 aliphatic rings. The zero-order valence-corrected chi connectivity index (χ0v) is 13.8. The van der Waals surface area contributed by atoms with Gasteiger partial charge in [-0.05, 0) is 25.2 Å². The van der Waals surface area contributed by atoms with Crippen molar-refractivity contribution in [2.24, 2.45) is 0 Å². The summed E-state index contributed by atoms with van der Waals surface area (Å²) in [5.41, 5.74) is 0. The van der Waals surface area contributed by atoms with Gasteiger partial charge in [-0.2, -0.15) is 0 Å². The van der Waals surface area contributed by atoms with E-state index in [-0.39, 0.29) is 18.6 Å². The normalized spacial score (nSPS) is 18.5. The van der Waals surface area contributed by atoms with E-state index in [1.54, 1.807) is 25.3 Å². The van der Waals surface area contributed by atoms with Gasteiger partial charge in [0.15, 0.2) is 0 Å². The molecule has 1 rings (SSSR count). The van der Waals surface area contributed by atoms with E-state index >= 15 is 0 Å². The van der Waals surface area contributed by atoms with E-state index in [0.29, 0.717) is 17.9 Å². The minimum Gasteiger partial charge on any atom is -0.442 e. The molecule has 0 aromatic heterocycles. The number of hydrogen-bond donors (Lipinski definition) is 1. The molecule has 6 heteroatoms. The van der Waals surface area contributed by atoms with Crippen molar-refractivity contribution in [2.75, 3.05) is 13.1 Å². The molecule has 0 radical (unpaired) electrons. The third kappa shape index (κ3) is 5.81. The van der Waals surface area contributed by atoms with Crippen LogP contribution in [0, 0.1) is 0 Å². The highest BCUT2D eigenvalue weighted by Crippen LogP contribution is 2.23. The monoisotopic (exact) mass is 322 g/mol. The molecule has 0 aromatic carbocycles. The molecule has 1 unspecified atom stereocenters. The van der Waals surface area contributed by atoms with Crippen molar-refractivity contribution in [1.82, 2.24) is 10.2 Å². The average Bonchev–Trinajstić information content (AvgIpc) is 2.83. The van der Waals surface area contributed by atoms with Crippen molar-refractivity contribution in [3.05, 3.63) is 47.4 Å². The fourth-order valence-electron chi connectivity index (χ4n) is 1.77. The molecule has 5 nitrogen and oxygen atoms in total. The molecule has 2 amide bonds. The lowest BCUT2D eigenvalue weighted by atomic mass is 10.3. The van der Waals surface area contributed by atoms with Gasteiger partial charge in [0, 0.05) is 6.20 Å². The highest BCUT2D eigenvalue weighted by atomic mass is 32.2. The molecule has 0 aromatic rings. The third-order valence-corrected chi connectivity index (χ3v) is 3.74. The Morgan fingerprint density at radius 1 is 1.59 bits per heavy atom. The first-order valence-electron chi connectivity index (χ1n) is 7.00. The second kappa shape index (κ2) is 9.15. The van der Waals surface area contributed by atoms with Gasteiger partial charge in [0.1, 0.15) is 6.10 Å². The molecule has 1 aliphatic heterocycles. The number of allylic oxidation sites excluding steroid dienone is 4. The van der Waals surface area contributed by atoms with Crippen molar-refractivity contribution >= 4 is 23.8 Å². The molecule has 0 bridgehead atoms. The fraction of sp³-hybridized carbons (Fsp3) is 0.375. The minimum absolute atomic E-state index is 0.188. The van der Waals surface area contributed by atoms with Crippen molar-refractivity contribution in [3.8, 4) is 0 Å². The summed E-state index contributed by atoms with van der Waals surface area (Å²) in [5, 5.41) is 2.78. The second-order valence-corrected chi connectivity index (χ2v) is 6.08. The van der Waals surface area contributed by atoms with Crippen LogP contribution in [0.5, 0.6) is 0 Å². The maximum Gasteiger partial charge on any atom is 0.414 e. The van der Waals surface area contributed by atoms with Crippen LogP contribution in [0.2, 0.25) is 0 Å². The Labute approximate surface area is 135 Å². The van der Waals surface area contributed by atoms with E-state index in [4.69, 9.17) is 4.74 Å². The number of thioether (sulfide) groups is 1. The van der Waals surface area contributed by atoms with Crippen molar-refractivity contribution in [1.29, 1.82) is 0 Å². The van der Waals surface area contributed by atoms with Gasteiger partial charge in [-0.3, -0.25) is 9.69 Å². The third-order valence-electron chi connectivity index (χ3n) is 2.75. The zero-order chi connectivity index (χ0) is 16.5. The lowest BCUT2D eigenvalue weighted by Gasteiger charge is -2.11. The van der Waals surface area contributed by atoms with Crippen LogP contribution in [0.3, 0.4) is 0 Å². The number of carbonyl (C=O) groups excluding carboxylic acids is 2. The highest BCUT2D eigenvalue weighted by Gasteiger charge is 2.30. The van der Waals surface area contributed by atoms with Crippen LogP contribution in [-0.4, -0.2) is 36.1 Å². The summed E-state index contributed by atoms with van der Waals surface area (Å²) >= 11 is 1.32. The zero-order valence-electron chi connectivity index (χ0n) is 13.0. The Bertz CT molecular complexity index is 512. The highest BCUT2D eigenvalue weighted by molar-refractivity contribution is 8.07. The number of carbonyl (C=O) groups is 2. The summed E-state index contributed by atoms with van der Waals surface area (Å²) in [6, 6.07) is 0. The molecule has 0 spiro atoms. The van der Waals surface area contributed by atoms with E-state index in [1.165, 1.54) is 16.7 Å². The summed E-state index contributed by atoms with van der Waals surface area (Å²) in [6.45, 7) is 11.7. The quantitative estimate of drug-likeness (QED) is 0.551. The minimum atomic E-state index is -0.401. The Balaban J connectivity index is 2.45. The molecule has 0 saturated carbocycles. The lowest BCUT2D eigenvalue weighted by Crippen LogP contribution is -2.34. The van der Waals surface area contributed by atoms with Crippen molar-refractivity contribution in [3.63, 3.8) is 0 Å². The van der Waals surface area contributed by atoms with Crippen LogP contribution in [0.25, 0.3) is 0 Å². The van der Waals surface area contributed by atoms with E-state index in [0.717, 1.165) is 4.91 Å². The first kappa shape index (κ1) is 18.1. The van der Waals surface area contributed by atoms with Gasteiger partial charge in [0.25, 0.3) is 5.91 Å². The summed E-state index contributed by atoms with van der Waals surface area (Å²) in [7, 11) is 0. The molecule has 120 valence electrons. The average molecular weight is 322 g/mol. The van der Waals surface area contributed by atoms with Gasteiger partial charge in [-0.25, -0.2) is 4.79 Å². The van der Waals surface area contributed by atoms with E-state index in [1.807, 2.05) is 13.0 Å². The van der Waals surface area contributed by atoms with Gasteiger partial charge in [-0.15, -0.1) is 6.58 Å². The molecule has 1 heterocycles. The number of hydrogen-bond acceptors (Lipinski definition) is 4. The summed E-state index contributed by atoms with van der Waals surface area (Å²) in [5.74, 6) is -0.188. The van der Waals surface area contributed by atoms with Crippen LogP contribution in [0.15, 0.2) is 47.4 Å². The van der Waals surface area contributed by atoms with Crippen LogP contribution >= 0.6 is 11.8 Å². The Kier molecular flexibility index (Phi) is 7.52. The maximum absolute atomic E-state index is 12.0. The van der Waals surface area contributed by atoms with E-state index < -0.39 is 6.09 Å². The summed E-state index contributed by atoms with van der Waals surface area (Å²) in [4.78, 5) is 26.6. The maximum atomic E-state index is 12.0. The van der Waals surface area contributed by atoms with Gasteiger partial charge in [-0.1, -0.05) is 36.6 Å². The van der Waals surface area contributed by atoms with Gasteiger partial charge in [0.05, 0.1) is 18.0 Å². The molecule has 1 atom stereocenters. The van der Waals surface area contributed by atoms with Crippen LogP contribution < -0.4 is 5.32 Å². The first-order valence-corrected chi connectivity index (χ1v) is 7.82. The predicted octanol–water partition coefficient (Wildman–Crippen LogP) is 3.18. The lowest BCUT2D eigenvalue weighted by molar-refractivity contribution is -0.117. The Morgan fingerprint density at radius 3 is 2.91 bits per heavy atom. The van der Waals surface area contributed by atoms with Crippen molar-refractivity contribution in [2.45, 2.75) is 26.4 Å². The van der Waals surface area contributed by atoms with Gasteiger partial charge >= 0.3 is 6.09 Å².